The van der Waals surface area contributed by atoms with E-state index in [2.05, 4.69) is 0 Å². The highest BCUT2D eigenvalue weighted by molar-refractivity contribution is 7.90. The summed E-state index contributed by atoms with van der Waals surface area (Å²) >= 11 is 0. The first-order valence-corrected chi connectivity index (χ1v) is 14.4. The maximum Gasteiger partial charge on any atom is 0.419 e. The molecule has 0 fully saturated rings. The number of hydrogen-bond acceptors (Lipinski definition) is 5. The third kappa shape index (κ3) is 8.32. The summed E-state index contributed by atoms with van der Waals surface area (Å²) in [6, 6.07) is 10.8. The Morgan fingerprint density at radius 3 is 2.22 bits per heavy atom. The molecule has 0 saturated heterocycles. The molecule has 0 bridgehead atoms. The molecule has 3 aromatic rings. The van der Waals surface area contributed by atoms with Crippen LogP contribution in [0.2, 0.25) is 0 Å². The quantitative estimate of drug-likeness (QED) is 0.133. The number of nitrogens with zero attached hydrogens (tertiary/aromatic N) is 1. The Balaban J connectivity index is 1.81. The number of sulfone groups is 1. The first kappa shape index (κ1) is 32.1. The van der Waals surface area contributed by atoms with Crippen LogP contribution in [0, 0.1) is 17.5 Å². The average molecular weight is 602 g/mol. The monoisotopic (exact) mass is 601 g/mol. The van der Waals surface area contributed by atoms with E-state index in [9.17, 15) is 39.6 Å². The SMILES string of the molecule is CC(C)(CN(CCCOc1cc(F)c(C=O)c(S(C)(=O)=O)c1)Cc1cccc(C(F)(F)F)c1F)c1ccc(F)cc1. The zero-order valence-electron chi connectivity index (χ0n) is 22.6. The molecule has 5 nitrogen and oxygen atoms in total. The van der Waals surface area contributed by atoms with Crippen molar-refractivity contribution in [1.29, 1.82) is 0 Å². The summed E-state index contributed by atoms with van der Waals surface area (Å²) in [6.07, 6.45) is -3.70. The van der Waals surface area contributed by atoms with Crippen LogP contribution in [0.15, 0.2) is 59.5 Å². The topological polar surface area (TPSA) is 63.7 Å². The van der Waals surface area contributed by atoms with Gasteiger partial charge in [0.15, 0.2) is 16.1 Å². The van der Waals surface area contributed by atoms with Crippen molar-refractivity contribution in [3.05, 3.63) is 94.3 Å². The van der Waals surface area contributed by atoms with Crippen LogP contribution in [0.3, 0.4) is 0 Å². The number of rotatable bonds is 12. The highest BCUT2D eigenvalue weighted by Crippen LogP contribution is 2.33. The normalized spacial score (nSPS) is 12.5. The number of carbonyl (C=O) groups is 1. The number of carbonyl (C=O) groups excluding carboxylic acids is 1. The van der Waals surface area contributed by atoms with E-state index < -0.39 is 54.9 Å². The van der Waals surface area contributed by atoms with Crippen LogP contribution in [-0.4, -0.2) is 45.6 Å². The minimum Gasteiger partial charge on any atom is -0.493 e. The van der Waals surface area contributed by atoms with E-state index in [1.54, 1.807) is 17.0 Å². The second-order valence-electron chi connectivity index (χ2n) is 10.3. The van der Waals surface area contributed by atoms with Crippen molar-refractivity contribution < 1.29 is 44.3 Å². The molecular formula is C29H29F6NO4S. The van der Waals surface area contributed by atoms with Crippen molar-refractivity contribution in [2.45, 2.75) is 43.3 Å². The summed E-state index contributed by atoms with van der Waals surface area (Å²) in [5.41, 5.74) is -2.02. The number of hydrogen-bond donors (Lipinski definition) is 0. The van der Waals surface area contributed by atoms with E-state index in [4.69, 9.17) is 4.74 Å². The lowest BCUT2D eigenvalue weighted by molar-refractivity contribution is -0.140. The molecule has 0 aliphatic heterocycles. The molecule has 3 aromatic carbocycles. The molecule has 3 rings (SSSR count). The molecule has 0 spiro atoms. The summed E-state index contributed by atoms with van der Waals surface area (Å²) in [7, 11) is -3.94. The Kier molecular flexibility index (Phi) is 9.91. The van der Waals surface area contributed by atoms with Gasteiger partial charge >= 0.3 is 6.18 Å². The summed E-state index contributed by atoms with van der Waals surface area (Å²) in [5, 5.41) is 0. The van der Waals surface area contributed by atoms with Crippen LogP contribution in [-0.2, 0) is 28.0 Å². The Morgan fingerprint density at radius 2 is 1.63 bits per heavy atom. The van der Waals surface area contributed by atoms with Crippen LogP contribution in [0.25, 0.3) is 0 Å². The maximum absolute atomic E-state index is 14.9. The van der Waals surface area contributed by atoms with Crippen LogP contribution < -0.4 is 4.74 Å². The number of ether oxygens (including phenoxy) is 1. The van der Waals surface area contributed by atoms with E-state index >= 15 is 0 Å². The van der Waals surface area contributed by atoms with Crippen molar-refractivity contribution in [2.75, 3.05) is 26.0 Å². The van der Waals surface area contributed by atoms with Crippen LogP contribution >= 0.6 is 0 Å². The highest BCUT2D eigenvalue weighted by atomic mass is 32.2. The van der Waals surface area contributed by atoms with Crippen LogP contribution in [0.4, 0.5) is 26.3 Å². The van der Waals surface area contributed by atoms with Gasteiger partial charge < -0.3 is 4.74 Å². The van der Waals surface area contributed by atoms with E-state index in [-0.39, 0.29) is 50.3 Å². The van der Waals surface area contributed by atoms with Gasteiger partial charge in [-0.1, -0.05) is 38.1 Å². The molecule has 0 saturated carbocycles. The lowest BCUT2D eigenvalue weighted by Crippen LogP contribution is -2.38. The first-order valence-electron chi connectivity index (χ1n) is 12.5. The minimum atomic E-state index is -4.87. The number of alkyl halides is 3. The van der Waals surface area contributed by atoms with Crippen molar-refractivity contribution >= 4 is 16.1 Å². The van der Waals surface area contributed by atoms with Crippen molar-refractivity contribution in [3.63, 3.8) is 0 Å². The van der Waals surface area contributed by atoms with Gasteiger partial charge in [-0.3, -0.25) is 9.69 Å². The van der Waals surface area contributed by atoms with E-state index in [0.717, 1.165) is 30.0 Å². The number of halogens is 6. The lowest BCUT2D eigenvalue weighted by Gasteiger charge is -2.33. The third-order valence-corrected chi connectivity index (χ3v) is 7.63. The number of aldehydes is 1. The van der Waals surface area contributed by atoms with Gasteiger partial charge in [-0.2, -0.15) is 13.2 Å². The summed E-state index contributed by atoms with van der Waals surface area (Å²) in [6.45, 7) is 3.93. The molecule has 12 heteroatoms. The zero-order chi connectivity index (χ0) is 30.6. The molecule has 0 aliphatic rings. The molecule has 0 aromatic heterocycles. The molecule has 222 valence electrons. The second kappa shape index (κ2) is 12.6. The third-order valence-electron chi connectivity index (χ3n) is 6.49. The van der Waals surface area contributed by atoms with Crippen molar-refractivity contribution in [1.82, 2.24) is 4.90 Å². The van der Waals surface area contributed by atoms with Gasteiger partial charge in [-0.25, -0.2) is 21.6 Å². The molecule has 0 radical (unpaired) electrons. The van der Waals surface area contributed by atoms with Gasteiger partial charge in [-0.05, 0) is 36.2 Å². The lowest BCUT2D eigenvalue weighted by atomic mass is 9.84. The molecule has 0 N–H and O–H groups in total. The molecule has 0 amide bonds. The van der Waals surface area contributed by atoms with Gasteiger partial charge in [0.05, 0.1) is 22.6 Å². The van der Waals surface area contributed by atoms with Gasteiger partial charge in [0.2, 0.25) is 0 Å². The van der Waals surface area contributed by atoms with Crippen LogP contribution in [0.1, 0.15) is 47.3 Å². The minimum absolute atomic E-state index is 0.0539. The fraction of sp³-hybridized carbons (Fsp3) is 0.345. The van der Waals surface area contributed by atoms with E-state index in [0.29, 0.717) is 6.07 Å². The van der Waals surface area contributed by atoms with Gasteiger partial charge in [0.1, 0.15) is 23.2 Å². The van der Waals surface area contributed by atoms with Crippen LogP contribution in [0.5, 0.6) is 5.75 Å². The van der Waals surface area contributed by atoms with E-state index in [1.165, 1.54) is 18.2 Å². The molecule has 0 unspecified atom stereocenters. The second-order valence-corrected chi connectivity index (χ2v) is 12.3. The van der Waals surface area contributed by atoms with Gasteiger partial charge in [0.25, 0.3) is 0 Å². The summed E-state index contributed by atoms with van der Waals surface area (Å²) < 4.78 is 112. The Labute approximate surface area is 234 Å². The predicted octanol–water partition coefficient (Wildman–Crippen LogP) is 6.59. The highest BCUT2D eigenvalue weighted by Gasteiger charge is 2.35. The molecule has 0 aliphatic carbocycles. The Morgan fingerprint density at radius 1 is 0.976 bits per heavy atom. The van der Waals surface area contributed by atoms with Crippen molar-refractivity contribution in [3.8, 4) is 5.75 Å². The summed E-state index contributed by atoms with van der Waals surface area (Å²) in [5.74, 6) is -3.00. The largest absolute Gasteiger partial charge is 0.493 e. The molecular weight excluding hydrogens is 572 g/mol. The molecule has 0 heterocycles. The predicted molar refractivity (Wildman–Crippen MR) is 141 cm³/mol. The average Bonchev–Trinajstić information content (AvgIpc) is 2.86. The van der Waals surface area contributed by atoms with E-state index in [1.807, 2.05) is 13.8 Å². The standard InChI is InChI=1S/C29H29F6NO4S/c1-28(2,20-8-10-21(30)11-9-20)18-36(16-19-6-4-7-24(27(19)32)29(33,34)35)12-5-13-40-22-14-25(31)23(17-37)26(15-22)41(3,38)39/h4,6-11,14-15,17H,5,12-13,16,18H2,1-3H3. The van der Waals surface area contributed by atoms with Gasteiger partial charge in [-0.15, -0.1) is 0 Å². The fourth-order valence-electron chi connectivity index (χ4n) is 4.48. The van der Waals surface area contributed by atoms with Crippen molar-refractivity contribution in [2.24, 2.45) is 0 Å². The smallest absolute Gasteiger partial charge is 0.419 e. The molecule has 0 atom stereocenters. The summed E-state index contributed by atoms with van der Waals surface area (Å²) in [4.78, 5) is 12.4. The molecule has 41 heavy (non-hydrogen) atoms. The Hall–Kier alpha value is -3.38. The fourth-order valence-corrected chi connectivity index (χ4v) is 5.35. The number of benzene rings is 3. The Bertz CT molecular complexity index is 1490. The first-order chi connectivity index (χ1) is 19.0. The zero-order valence-corrected chi connectivity index (χ0v) is 23.4. The van der Waals surface area contributed by atoms with Gasteiger partial charge in [0, 0.05) is 42.9 Å². The maximum atomic E-state index is 14.9.